The zero-order chi connectivity index (χ0) is 26.9. The highest BCUT2D eigenvalue weighted by Crippen LogP contribution is 2.56. The third-order valence-electron chi connectivity index (χ3n) is 7.96. The zero-order valence-corrected chi connectivity index (χ0v) is 22.0. The van der Waals surface area contributed by atoms with Crippen LogP contribution in [0.4, 0.5) is 0 Å². The summed E-state index contributed by atoms with van der Waals surface area (Å²) in [6.45, 7) is 6.04. The standard InChI is InChI=1S/C33H33NO4/c1-21(20-30(35)27-7-5-4-6-8-27)19-29-23(3)34-38-31(29)28-15-13-26(14-16-28)25-11-9-24(10-12-25)22(2)33(17-18-33)32(36)37/h4-16,20-22,35H,17-19H2,1-3H3,(H,36,37)/b30-20-. The van der Waals surface area contributed by atoms with Gasteiger partial charge in [-0.15, -0.1) is 0 Å². The van der Waals surface area contributed by atoms with Crippen LogP contribution in [0.2, 0.25) is 0 Å². The number of benzene rings is 3. The summed E-state index contributed by atoms with van der Waals surface area (Å²) in [7, 11) is 0. The van der Waals surface area contributed by atoms with Gasteiger partial charge in [0.1, 0.15) is 5.76 Å². The van der Waals surface area contributed by atoms with Crippen LogP contribution in [0.15, 0.2) is 89.5 Å². The molecular formula is C33H33NO4. The van der Waals surface area contributed by atoms with Crippen molar-refractivity contribution >= 4 is 11.7 Å². The molecule has 1 saturated carbocycles. The summed E-state index contributed by atoms with van der Waals surface area (Å²) in [5.74, 6) is 0.416. The molecule has 2 atom stereocenters. The van der Waals surface area contributed by atoms with Crippen LogP contribution in [0.5, 0.6) is 0 Å². The van der Waals surface area contributed by atoms with E-state index in [1.54, 1.807) is 0 Å². The Morgan fingerprint density at radius 2 is 1.50 bits per heavy atom. The molecule has 2 unspecified atom stereocenters. The fourth-order valence-corrected chi connectivity index (χ4v) is 5.28. The van der Waals surface area contributed by atoms with Crippen molar-refractivity contribution in [1.82, 2.24) is 5.16 Å². The van der Waals surface area contributed by atoms with Crippen molar-refractivity contribution in [3.63, 3.8) is 0 Å². The Kier molecular flexibility index (Phi) is 6.94. The first-order chi connectivity index (χ1) is 18.3. The van der Waals surface area contributed by atoms with E-state index in [4.69, 9.17) is 4.52 Å². The van der Waals surface area contributed by atoms with Crippen LogP contribution < -0.4 is 0 Å². The molecule has 3 aromatic carbocycles. The molecule has 0 spiro atoms. The molecule has 0 aliphatic heterocycles. The molecule has 5 nitrogen and oxygen atoms in total. The second kappa shape index (κ2) is 10.3. The van der Waals surface area contributed by atoms with E-state index in [9.17, 15) is 15.0 Å². The Labute approximate surface area is 223 Å². The molecule has 1 heterocycles. The van der Waals surface area contributed by atoms with Crippen LogP contribution in [0.3, 0.4) is 0 Å². The SMILES string of the molecule is Cc1noc(-c2ccc(-c3ccc(C(C)C4(C(=O)O)CC4)cc3)cc2)c1CC(C)/C=C(\O)c1ccccc1. The molecule has 1 fully saturated rings. The summed E-state index contributed by atoms with van der Waals surface area (Å²) in [4.78, 5) is 11.7. The highest BCUT2D eigenvalue weighted by Gasteiger charge is 2.54. The van der Waals surface area contributed by atoms with Gasteiger partial charge in [0.05, 0.1) is 11.1 Å². The summed E-state index contributed by atoms with van der Waals surface area (Å²) in [5.41, 5.74) is 6.27. The lowest BCUT2D eigenvalue weighted by Gasteiger charge is -2.19. The third-order valence-corrected chi connectivity index (χ3v) is 7.96. The molecule has 0 bridgehead atoms. The van der Waals surface area contributed by atoms with Crippen LogP contribution >= 0.6 is 0 Å². The van der Waals surface area contributed by atoms with Gasteiger partial charge in [-0.3, -0.25) is 4.79 Å². The summed E-state index contributed by atoms with van der Waals surface area (Å²) < 4.78 is 5.74. The first kappa shape index (κ1) is 25.5. The fraction of sp³-hybridized carbons (Fsp3) is 0.273. The van der Waals surface area contributed by atoms with Gasteiger partial charge in [-0.1, -0.05) is 97.9 Å². The van der Waals surface area contributed by atoms with Crippen molar-refractivity contribution in [1.29, 1.82) is 0 Å². The van der Waals surface area contributed by atoms with Crippen LogP contribution in [0, 0.1) is 18.3 Å². The molecule has 0 amide bonds. The molecule has 1 aromatic heterocycles. The highest BCUT2D eigenvalue weighted by atomic mass is 16.5. The zero-order valence-electron chi connectivity index (χ0n) is 22.0. The van der Waals surface area contributed by atoms with E-state index in [-0.39, 0.29) is 17.6 Å². The third kappa shape index (κ3) is 5.01. The predicted molar refractivity (Wildman–Crippen MR) is 150 cm³/mol. The lowest BCUT2D eigenvalue weighted by Crippen LogP contribution is -2.21. The van der Waals surface area contributed by atoms with Crippen LogP contribution in [-0.2, 0) is 11.2 Å². The Morgan fingerprint density at radius 1 is 0.921 bits per heavy atom. The minimum Gasteiger partial charge on any atom is -0.508 e. The number of aliphatic hydroxyl groups excluding tert-OH is 1. The molecule has 2 N–H and O–H groups in total. The van der Waals surface area contributed by atoms with E-state index in [1.807, 2.05) is 62.4 Å². The highest BCUT2D eigenvalue weighted by molar-refractivity contribution is 5.79. The molecule has 1 aliphatic carbocycles. The maximum absolute atomic E-state index is 11.7. The van der Waals surface area contributed by atoms with E-state index >= 15 is 0 Å². The summed E-state index contributed by atoms with van der Waals surface area (Å²) in [6, 6.07) is 26.0. The molecule has 5 rings (SSSR count). The molecular weight excluding hydrogens is 474 g/mol. The van der Waals surface area contributed by atoms with Gasteiger partial charge in [0.25, 0.3) is 0 Å². The second-order valence-corrected chi connectivity index (χ2v) is 10.6. The van der Waals surface area contributed by atoms with Gasteiger partial charge in [0.15, 0.2) is 5.76 Å². The second-order valence-electron chi connectivity index (χ2n) is 10.6. The van der Waals surface area contributed by atoms with Crippen molar-refractivity contribution in [3.8, 4) is 22.5 Å². The van der Waals surface area contributed by atoms with E-state index in [2.05, 4.69) is 48.5 Å². The van der Waals surface area contributed by atoms with Crippen LogP contribution in [-0.4, -0.2) is 21.3 Å². The molecule has 0 saturated heterocycles. The monoisotopic (exact) mass is 507 g/mol. The molecule has 1 aliphatic rings. The molecule has 0 radical (unpaired) electrons. The fourth-order valence-electron chi connectivity index (χ4n) is 5.28. The average molecular weight is 508 g/mol. The summed E-state index contributed by atoms with van der Waals surface area (Å²) in [5, 5.41) is 24.4. The number of rotatable bonds is 9. The van der Waals surface area contributed by atoms with E-state index in [0.717, 1.165) is 57.7 Å². The Morgan fingerprint density at radius 3 is 2.08 bits per heavy atom. The van der Waals surface area contributed by atoms with Crippen molar-refractivity contribution < 1.29 is 19.5 Å². The molecule has 5 heteroatoms. The summed E-state index contributed by atoms with van der Waals surface area (Å²) >= 11 is 0. The number of carboxylic acids is 1. The van der Waals surface area contributed by atoms with E-state index < -0.39 is 11.4 Å². The minimum atomic E-state index is -0.690. The van der Waals surface area contributed by atoms with Gasteiger partial charge in [-0.05, 0) is 60.8 Å². The largest absolute Gasteiger partial charge is 0.508 e. The van der Waals surface area contributed by atoms with Crippen molar-refractivity contribution in [2.24, 2.45) is 11.3 Å². The maximum atomic E-state index is 11.7. The van der Waals surface area contributed by atoms with E-state index in [1.165, 1.54) is 0 Å². The Bertz CT molecular complexity index is 1450. The number of nitrogens with zero attached hydrogens (tertiary/aromatic N) is 1. The average Bonchev–Trinajstić information content (AvgIpc) is 3.68. The normalized spacial score (nSPS) is 16.1. The summed E-state index contributed by atoms with van der Waals surface area (Å²) in [6.07, 6.45) is 4.07. The van der Waals surface area contributed by atoms with Crippen LogP contribution in [0.25, 0.3) is 28.2 Å². The number of hydrogen-bond acceptors (Lipinski definition) is 4. The first-order valence-electron chi connectivity index (χ1n) is 13.1. The number of aromatic nitrogens is 1. The number of hydrogen-bond donors (Lipinski definition) is 2. The quantitative estimate of drug-likeness (QED) is 0.224. The van der Waals surface area contributed by atoms with Crippen molar-refractivity contribution in [2.75, 3.05) is 0 Å². The number of allylic oxidation sites excluding steroid dienone is 1. The van der Waals surface area contributed by atoms with Gasteiger partial charge in [-0.25, -0.2) is 0 Å². The van der Waals surface area contributed by atoms with Crippen molar-refractivity contribution in [3.05, 3.63) is 107 Å². The number of aliphatic carboxylic acids is 1. The van der Waals surface area contributed by atoms with Gasteiger partial charge >= 0.3 is 5.97 Å². The molecule has 194 valence electrons. The van der Waals surface area contributed by atoms with Gasteiger partial charge < -0.3 is 14.7 Å². The topological polar surface area (TPSA) is 83.6 Å². The van der Waals surface area contributed by atoms with Gasteiger partial charge in [-0.2, -0.15) is 0 Å². The Hall–Kier alpha value is -4.12. The number of aryl methyl sites for hydroxylation is 1. The minimum absolute atomic E-state index is 0.00335. The molecule has 4 aromatic rings. The van der Waals surface area contributed by atoms with Crippen LogP contribution in [0.1, 0.15) is 55.0 Å². The molecule has 38 heavy (non-hydrogen) atoms. The first-order valence-corrected chi connectivity index (χ1v) is 13.1. The number of carbonyl (C=O) groups is 1. The van der Waals surface area contributed by atoms with Crippen molar-refractivity contribution in [2.45, 2.75) is 46.0 Å². The Balaban J connectivity index is 1.31. The lowest BCUT2D eigenvalue weighted by molar-refractivity contribution is -0.144. The smallest absolute Gasteiger partial charge is 0.310 e. The lowest BCUT2D eigenvalue weighted by atomic mass is 9.84. The number of aliphatic hydroxyl groups is 1. The predicted octanol–water partition coefficient (Wildman–Crippen LogP) is 8.06. The number of carboxylic acid groups (broad SMARTS) is 1. The van der Waals surface area contributed by atoms with Gasteiger partial charge in [0.2, 0.25) is 0 Å². The van der Waals surface area contributed by atoms with Gasteiger partial charge in [0, 0.05) is 16.7 Å². The maximum Gasteiger partial charge on any atom is 0.310 e. The van der Waals surface area contributed by atoms with E-state index in [0.29, 0.717) is 6.42 Å².